The van der Waals surface area contributed by atoms with Crippen molar-refractivity contribution in [2.75, 3.05) is 13.1 Å². The second-order valence-electron chi connectivity index (χ2n) is 13.8. The third-order valence-corrected chi connectivity index (χ3v) is 10.4. The molecule has 3 aromatic carbocycles. The van der Waals surface area contributed by atoms with Crippen molar-refractivity contribution in [1.82, 2.24) is 20.2 Å². The van der Waals surface area contributed by atoms with Gasteiger partial charge in [0.15, 0.2) is 5.82 Å². The fourth-order valence-corrected chi connectivity index (χ4v) is 6.79. The predicted octanol–water partition coefficient (Wildman–Crippen LogP) is 8.02. The number of alkyl halides is 3. The molecule has 0 saturated carbocycles. The first-order valence-electron chi connectivity index (χ1n) is 16.5. The molecule has 3 heterocycles. The average molecular weight is 749 g/mol. The van der Waals surface area contributed by atoms with Crippen molar-refractivity contribution in [3.63, 3.8) is 0 Å². The van der Waals surface area contributed by atoms with Gasteiger partial charge >= 0.3 is 12.1 Å². The number of hydrogen-bond acceptors (Lipinski definition) is 6. The molecular formula is C39H33F5N4O4S. The van der Waals surface area contributed by atoms with Crippen molar-refractivity contribution >= 4 is 29.1 Å². The minimum absolute atomic E-state index is 0.0627. The number of benzene rings is 3. The number of nitrogens with one attached hydrogen (secondary N) is 1. The Morgan fingerprint density at radius 1 is 0.849 bits per heavy atom. The van der Waals surface area contributed by atoms with Crippen LogP contribution in [0.4, 0.5) is 22.0 Å². The van der Waals surface area contributed by atoms with Gasteiger partial charge in [-0.25, -0.2) is 18.7 Å². The first-order valence-corrected chi connectivity index (χ1v) is 17.3. The van der Waals surface area contributed by atoms with Crippen LogP contribution in [0.15, 0.2) is 85.2 Å². The van der Waals surface area contributed by atoms with E-state index in [1.807, 2.05) is 26.8 Å². The van der Waals surface area contributed by atoms with Crippen LogP contribution in [0.2, 0.25) is 0 Å². The zero-order valence-electron chi connectivity index (χ0n) is 28.7. The highest BCUT2D eigenvalue weighted by Crippen LogP contribution is 2.35. The third-order valence-electron chi connectivity index (χ3n) is 8.91. The van der Waals surface area contributed by atoms with Crippen molar-refractivity contribution < 1.29 is 41.4 Å². The smallest absolute Gasteiger partial charge is 0.419 e. The number of rotatable bonds is 9. The molecule has 53 heavy (non-hydrogen) atoms. The van der Waals surface area contributed by atoms with Crippen LogP contribution in [0.3, 0.4) is 0 Å². The fraction of sp³-hybridized carbons (Fsp3) is 0.256. The Morgan fingerprint density at radius 3 is 2.00 bits per heavy atom. The molecule has 1 aliphatic rings. The number of carbonyl (C=O) groups is 3. The van der Waals surface area contributed by atoms with Crippen LogP contribution in [-0.2, 0) is 27.6 Å². The largest absolute Gasteiger partial charge is 0.481 e. The summed E-state index contributed by atoms with van der Waals surface area (Å²) in [5.74, 6) is -4.24. The fourth-order valence-electron chi connectivity index (χ4n) is 5.82. The average Bonchev–Trinajstić information content (AvgIpc) is 3.59. The van der Waals surface area contributed by atoms with E-state index >= 15 is 4.39 Å². The van der Waals surface area contributed by atoms with Crippen molar-refractivity contribution in [1.29, 1.82) is 0 Å². The monoisotopic (exact) mass is 748 g/mol. The Labute approximate surface area is 305 Å². The Balaban J connectivity index is 1.15. The zero-order valence-corrected chi connectivity index (χ0v) is 29.5. The van der Waals surface area contributed by atoms with Crippen LogP contribution in [0.5, 0.6) is 0 Å². The van der Waals surface area contributed by atoms with E-state index in [0.717, 1.165) is 22.6 Å². The molecule has 2 N–H and O–H groups in total. The van der Waals surface area contributed by atoms with Gasteiger partial charge in [-0.15, -0.1) is 11.3 Å². The summed E-state index contributed by atoms with van der Waals surface area (Å²) in [5, 5.41) is 12.1. The second kappa shape index (κ2) is 14.5. The van der Waals surface area contributed by atoms with E-state index in [-0.39, 0.29) is 47.5 Å². The molecule has 274 valence electrons. The Kier molecular flexibility index (Phi) is 10.2. The normalized spacial score (nSPS) is 14.1. The standard InChI is InChI=1S/C39H33F5N4O4S/c1-38(2,3)33-13-12-32(53-33)35(49)47-31(36(50)48-19-26(20-48)37(51)52)14-21-4-6-22(7-5-21)34-45-17-25(18-46-34)27-10-8-23(15-29(27)40)24-9-11-28(30(41)16-24)39(42,43)44/h4-13,15-18,26,31H,14,19-20H2,1-3H3,(H,47,49)(H,51,52)/t31-/m0/s1. The number of nitrogens with zero attached hydrogens (tertiary/aromatic N) is 3. The molecule has 0 radical (unpaired) electrons. The minimum Gasteiger partial charge on any atom is -0.481 e. The van der Waals surface area contributed by atoms with E-state index in [0.29, 0.717) is 34.0 Å². The molecule has 0 unspecified atom stereocenters. The molecule has 6 rings (SSSR count). The summed E-state index contributed by atoms with van der Waals surface area (Å²) in [6, 6.07) is 16.1. The van der Waals surface area contributed by atoms with Crippen molar-refractivity contribution in [2.24, 2.45) is 5.92 Å². The van der Waals surface area contributed by atoms with E-state index in [1.54, 1.807) is 30.3 Å². The van der Waals surface area contributed by atoms with Crippen LogP contribution in [0, 0.1) is 17.6 Å². The molecule has 0 aliphatic carbocycles. The molecule has 1 fully saturated rings. The molecule has 2 aromatic heterocycles. The van der Waals surface area contributed by atoms with Crippen molar-refractivity contribution in [2.45, 2.75) is 44.8 Å². The first kappa shape index (κ1) is 37.3. The maximum absolute atomic E-state index is 15.2. The number of carboxylic acids is 1. The lowest BCUT2D eigenvalue weighted by atomic mass is 9.95. The number of likely N-dealkylation sites (tertiary alicyclic amines) is 1. The molecule has 5 aromatic rings. The highest BCUT2D eigenvalue weighted by Gasteiger charge is 2.39. The summed E-state index contributed by atoms with van der Waals surface area (Å²) in [4.78, 5) is 49.7. The summed E-state index contributed by atoms with van der Waals surface area (Å²) in [6.07, 6.45) is -1.86. The molecule has 1 saturated heterocycles. The summed E-state index contributed by atoms with van der Waals surface area (Å²) in [7, 11) is 0. The van der Waals surface area contributed by atoms with Crippen LogP contribution < -0.4 is 5.32 Å². The maximum Gasteiger partial charge on any atom is 0.419 e. The molecule has 0 bridgehead atoms. The van der Waals surface area contributed by atoms with E-state index in [4.69, 9.17) is 0 Å². The van der Waals surface area contributed by atoms with Crippen LogP contribution in [-0.4, -0.2) is 56.9 Å². The number of halogens is 5. The second-order valence-corrected chi connectivity index (χ2v) is 14.9. The Morgan fingerprint density at radius 2 is 1.45 bits per heavy atom. The zero-order chi connectivity index (χ0) is 38.2. The van der Waals surface area contributed by atoms with Crippen molar-refractivity contribution in [3.05, 3.63) is 118 Å². The SMILES string of the molecule is CC(C)(C)c1ccc(C(=O)N[C@@H](Cc2ccc(-c3ncc(-c4ccc(-c5ccc(C(F)(F)F)c(F)c5)cc4F)cn3)cc2)C(=O)N2CC(C(=O)O)C2)s1. The number of amides is 2. The molecule has 8 nitrogen and oxygen atoms in total. The number of hydrogen-bond donors (Lipinski definition) is 2. The summed E-state index contributed by atoms with van der Waals surface area (Å²) in [5.41, 5.74) is 0.519. The lowest BCUT2D eigenvalue weighted by Crippen LogP contribution is -2.59. The molecule has 1 atom stereocenters. The van der Waals surface area contributed by atoms with E-state index in [9.17, 15) is 37.1 Å². The van der Waals surface area contributed by atoms with Gasteiger partial charge in [0.05, 0.1) is 16.4 Å². The van der Waals surface area contributed by atoms with Gasteiger partial charge in [-0.05, 0) is 52.4 Å². The Bertz CT molecular complexity index is 2170. The number of carbonyl (C=O) groups excluding carboxylic acids is 2. The maximum atomic E-state index is 15.2. The van der Waals surface area contributed by atoms with Gasteiger partial charge in [-0.2, -0.15) is 13.2 Å². The molecule has 1 aliphatic heterocycles. The lowest BCUT2D eigenvalue weighted by molar-refractivity contribution is -0.153. The van der Waals surface area contributed by atoms with Gasteiger partial charge in [0.25, 0.3) is 5.91 Å². The lowest BCUT2D eigenvalue weighted by Gasteiger charge is -2.38. The molecular weight excluding hydrogens is 716 g/mol. The predicted molar refractivity (Wildman–Crippen MR) is 189 cm³/mol. The van der Waals surface area contributed by atoms with Gasteiger partial charge in [-0.3, -0.25) is 14.4 Å². The minimum atomic E-state index is -4.85. The van der Waals surface area contributed by atoms with Crippen LogP contribution in [0.25, 0.3) is 33.6 Å². The summed E-state index contributed by atoms with van der Waals surface area (Å²) >= 11 is 1.35. The number of carboxylic acid groups (broad SMARTS) is 1. The summed E-state index contributed by atoms with van der Waals surface area (Å²) < 4.78 is 68.1. The van der Waals surface area contributed by atoms with Gasteiger partial charge in [0, 0.05) is 53.5 Å². The number of thiophene rings is 1. The van der Waals surface area contributed by atoms with Gasteiger partial charge in [0.1, 0.15) is 17.7 Å². The van der Waals surface area contributed by atoms with Gasteiger partial charge in [0.2, 0.25) is 5.91 Å². The highest BCUT2D eigenvalue weighted by molar-refractivity contribution is 7.14. The molecule has 14 heteroatoms. The topological polar surface area (TPSA) is 112 Å². The first-order chi connectivity index (χ1) is 25.0. The van der Waals surface area contributed by atoms with Gasteiger partial charge < -0.3 is 15.3 Å². The molecule has 0 spiro atoms. The van der Waals surface area contributed by atoms with E-state index in [2.05, 4.69) is 15.3 Å². The number of aromatic nitrogens is 2. The highest BCUT2D eigenvalue weighted by atomic mass is 32.1. The molecule has 2 amide bonds. The quantitative estimate of drug-likeness (QED) is 0.148. The number of aliphatic carboxylic acids is 1. The summed E-state index contributed by atoms with van der Waals surface area (Å²) in [6.45, 7) is 6.25. The van der Waals surface area contributed by atoms with Crippen molar-refractivity contribution in [3.8, 4) is 33.6 Å². The third kappa shape index (κ3) is 8.27. The van der Waals surface area contributed by atoms with Gasteiger partial charge in [-0.1, -0.05) is 63.2 Å². The van der Waals surface area contributed by atoms with Crippen LogP contribution in [0.1, 0.15) is 46.4 Å². The van der Waals surface area contributed by atoms with Crippen LogP contribution >= 0.6 is 11.3 Å². The Hall–Kier alpha value is -5.50. The van der Waals surface area contributed by atoms with E-state index in [1.165, 1.54) is 40.8 Å². The van der Waals surface area contributed by atoms with E-state index < -0.39 is 47.2 Å².